The summed E-state index contributed by atoms with van der Waals surface area (Å²) in [5, 5.41) is 7.42. The van der Waals surface area contributed by atoms with Crippen molar-refractivity contribution in [2.24, 2.45) is 0 Å². The Hall–Kier alpha value is -1.36. The number of ether oxygens (including phenoxy) is 1. The van der Waals surface area contributed by atoms with Crippen LogP contribution in [0.2, 0.25) is 0 Å². The highest BCUT2D eigenvalue weighted by molar-refractivity contribution is 5.95. The van der Waals surface area contributed by atoms with Gasteiger partial charge in [0.05, 0.1) is 29.1 Å². The van der Waals surface area contributed by atoms with Crippen molar-refractivity contribution in [1.82, 2.24) is 15.1 Å². The molecule has 0 radical (unpaired) electrons. The van der Waals surface area contributed by atoms with Gasteiger partial charge in [0.2, 0.25) is 0 Å². The zero-order valence-corrected chi connectivity index (χ0v) is 13.6. The van der Waals surface area contributed by atoms with Crippen molar-refractivity contribution < 1.29 is 9.53 Å². The average Bonchev–Trinajstić information content (AvgIpc) is 3.04. The molecule has 1 aromatic rings. The van der Waals surface area contributed by atoms with Crippen LogP contribution in [0.4, 0.5) is 0 Å². The first-order valence-corrected chi connectivity index (χ1v) is 7.90. The zero-order valence-electron chi connectivity index (χ0n) is 13.6. The van der Waals surface area contributed by atoms with E-state index in [1.165, 1.54) is 0 Å². The molecule has 2 heterocycles. The number of nitrogens with one attached hydrogen (secondary N) is 1. The van der Waals surface area contributed by atoms with E-state index in [4.69, 9.17) is 4.74 Å². The van der Waals surface area contributed by atoms with E-state index < -0.39 is 0 Å². The van der Waals surface area contributed by atoms with Gasteiger partial charge in [0.15, 0.2) is 0 Å². The standard InChI is InChI=1S/C16H27N3O2/c1-5-7-14-13(11-18-19(14)16(2,3)4)15(20)17-10-12-8-6-9-21-12/h11-12H,5-10H2,1-4H3,(H,17,20). The van der Waals surface area contributed by atoms with E-state index in [1.807, 2.05) is 4.68 Å². The summed E-state index contributed by atoms with van der Waals surface area (Å²) in [6, 6.07) is 0. The van der Waals surface area contributed by atoms with Crippen molar-refractivity contribution >= 4 is 5.91 Å². The molecule has 2 rings (SSSR count). The maximum atomic E-state index is 12.4. The van der Waals surface area contributed by atoms with Crippen molar-refractivity contribution in [1.29, 1.82) is 0 Å². The molecule has 1 fully saturated rings. The Morgan fingerprint density at radius 2 is 2.29 bits per heavy atom. The molecule has 1 amide bonds. The van der Waals surface area contributed by atoms with Gasteiger partial charge in [-0.25, -0.2) is 0 Å². The van der Waals surface area contributed by atoms with Crippen LogP contribution in [0.3, 0.4) is 0 Å². The lowest BCUT2D eigenvalue weighted by atomic mass is 10.1. The summed E-state index contributed by atoms with van der Waals surface area (Å²) in [5.74, 6) is -0.0375. The van der Waals surface area contributed by atoms with Gasteiger partial charge in [-0.2, -0.15) is 5.10 Å². The fourth-order valence-electron chi connectivity index (χ4n) is 2.73. The van der Waals surface area contributed by atoms with E-state index in [0.717, 1.165) is 38.0 Å². The predicted octanol–water partition coefficient (Wildman–Crippen LogP) is 2.50. The summed E-state index contributed by atoms with van der Waals surface area (Å²) >= 11 is 0. The SMILES string of the molecule is CCCc1c(C(=O)NCC2CCCO2)cnn1C(C)(C)C. The fraction of sp³-hybridized carbons (Fsp3) is 0.750. The van der Waals surface area contributed by atoms with Crippen molar-refractivity contribution in [3.8, 4) is 0 Å². The maximum absolute atomic E-state index is 12.4. The molecule has 118 valence electrons. The van der Waals surface area contributed by atoms with Crippen LogP contribution in [-0.4, -0.2) is 34.9 Å². The molecule has 1 N–H and O–H groups in total. The number of carbonyl (C=O) groups excluding carboxylic acids is 1. The normalized spacial score (nSPS) is 19.0. The van der Waals surface area contributed by atoms with Crippen molar-refractivity contribution in [3.05, 3.63) is 17.5 Å². The Balaban J connectivity index is 2.10. The van der Waals surface area contributed by atoms with Crippen LogP contribution in [0.25, 0.3) is 0 Å². The van der Waals surface area contributed by atoms with Gasteiger partial charge in [-0.3, -0.25) is 9.48 Å². The molecule has 0 aliphatic carbocycles. The molecule has 0 bridgehead atoms. The molecule has 0 spiro atoms. The Morgan fingerprint density at radius 1 is 1.52 bits per heavy atom. The van der Waals surface area contributed by atoms with Crippen LogP contribution in [0.1, 0.15) is 63.0 Å². The highest BCUT2D eigenvalue weighted by atomic mass is 16.5. The molecule has 5 heteroatoms. The highest BCUT2D eigenvalue weighted by Gasteiger charge is 2.24. The third-order valence-electron chi connectivity index (χ3n) is 3.75. The van der Waals surface area contributed by atoms with Gasteiger partial charge >= 0.3 is 0 Å². The topological polar surface area (TPSA) is 56.1 Å². The molecule has 1 atom stereocenters. The monoisotopic (exact) mass is 293 g/mol. The van der Waals surface area contributed by atoms with Crippen LogP contribution in [-0.2, 0) is 16.7 Å². The van der Waals surface area contributed by atoms with Crippen LogP contribution >= 0.6 is 0 Å². The number of nitrogens with zero attached hydrogens (tertiary/aromatic N) is 2. The molecule has 5 nitrogen and oxygen atoms in total. The van der Waals surface area contributed by atoms with E-state index >= 15 is 0 Å². The minimum absolute atomic E-state index is 0.0375. The van der Waals surface area contributed by atoms with Crippen molar-refractivity contribution in [2.45, 2.75) is 65.0 Å². The van der Waals surface area contributed by atoms with Gasteiger partial charge in [-0.15, -0.1) is 0 Å². The minimum Gasteiger partial charge on any atom is -0.376 e. The van der Waals surface area contributed by atoms with Crippen LogP contribution in [0, 0.1) is 0 Å². The van der Waals surface area contributed by atoms with E-state index in [1.54, 1.807) is 6.20 Å². The molecule has 1 aliphatic rings. The molecule has 0 saturated carbocycles. The second kappa shape index (κ2) is 6.60. The third-order valence-corrected chi connectivity index (χ3v) is 3.75. The average molecular weight is 293 g/mol. The number of aromatic nitrogens is 2. The lowest BCUT2D eigenvalue weighted by molar-refractivity contribution is 0.0856. The molecule has 0 aromatic carbocycles. The number of carbonyl (C=O) groups is 1. The second-order valence-electron chi connectivity index (χ2n) is 6.68. The summed E-state index contributed by atoms with van der Waals surface area (Å²) in [5.41, 5.74) is 1.61. The summed E-state index contributed by atoms with van der Waals surface area (Å²) in [7, 11) is 0. The van der Waals surface area contributed by atoms with E-state index in [-0.39, 0.29) is 17.6 Å². The smallest absolute Gasteiger partial charge is 0.254 e. The first-order valence-electron chi connectivity index (χ1n) is 7.90. The van der Waals surface area contributed by atoms with E-state index in [9.17, 15) is 4.79 Å². The lowest BCUT2D eigenvalue weighted by Gasteiger charge is -2.23. The van der Waals surface area contributed by atoms with Crippen molar-refractivity contribution in [2.75, 3.05) is 13.2 Å². The molecule has 1 saturated heterocycles. The Labute approximate surface area is 127 Å². The van der Waals surface area contributed by atoms with Crippen LogP contribution in [0.5, 0.6) is 0 Å². The Morgan fingerprint density at radius 3 is 2.86 bits per heavy atom. The lowest BCUT2D eigenvalue weighted by Crippen LogP contribution is -2.32. The quantitative estimate of drug-likeness (QED) is 0.907. The van der Waals surface area contributed by atoms with E-state index in [0.29, 0.717) is 12.1 Å². The van der Waals surface area contributed by atoms with Gasteiger partial charge in [0.25, 0.3) is 5.91 Å². The molecule has 1 unspecified atom stereocenters. The number of hydrogen-bond donors (Lipinski definition) is 1. The first-order chi connectivity index (χ1) is 9.93. The summed E-state index contributed by atoms with van der Waals surface area (Å²) < 4.78 is 7.51. The second-order valence-corrected chi connectivity index (χ2v) is 6.68. The van der Waals surface area contributed by atoms with E-state index in [2.05, 4.69) is 38.1 Å². The van der Waals surface area contributed by atoms with Gasteiger partial charge in [-0.1, -0.05) is 13.3 Å². The molecular formula is C16H27N3O2. The summed E-state index contributed by atoms with van der Waals surface area (Å²) in [6.07, 6.45) is 5.84. The summed E-state index contributed by atoms with van der Waals surface area (Å²) in [6.45, 7) is 9.83. The van der Waals surface area contributed by atoms with Gasteiger partial charge in [0.1, 0.15) is 0 Å². The Kier molecular flexibility index (Phi) is 5.04. The van der Waals surface area contributed by atoms with Gasteiger partial charge in [-0.05, 0) is 40.0 Å². The predicted molar refractivity (Wildman–Crippen MR) is 82.5 cm³/mol. The Bertz CT molecular complexity index is 482. The van der Waals surface area contributed by atoms with Crippen molar-refractivity contribution in [3.63, 3.8) is 0 Å². The van der Waals surface area contributed by atoms with Crippen LogP contribution in [0.15, 0.2) is 6.20 Å². The first kappa shape index (κ1) is 16.0. The number of amides is 1. The molecule has 1 aliphatic heterocycles. The highest BCUT2D eigenvalue weighted by Crippen LogP contribution is 2.20. The van der Waals surface area contributed by atoms with Gasteiger partial charge < -0.3 is 10.1 Å². The minimum atomic E-state index is -0.113. The number of hydrogen-bond acceptors (Lipinski definition) is 3. The maximum Gasteiger partial charge on any atom is 0.254 e. The summed E-state index contributed by atoms with van der Waals surface area (Å²) in [4.78, 5) is 12.4. The molecular weight excluding hydrogens is 266 g/mol. The molecule has 1 aromatic heterocycles. The number of rotatable bonds is 5. The van der Waals surface area contributed by atoms with Gasteiger partial charge in [0, 0.05) is 13.2 Å². The molecule has 21 heavy (non-hydrogen) atoms. The zero-order chi connectivity index (χ0) is 15.5. The fourth-order valence-corrected chi connectivity index (χ4v) is 2.73. The largest absolute Gasteiger partial charge is 0.376 e. The third kappa shape index (κ3) is 3.84. The van der Waals surface area contributed by atoms with Crippen LogP contribution < -0.4 is 5.32 Å².